The lowest BCUT2D eigenvalue weighted by molar-refractivity contribution is 0.632. The Labute approximate surface area is 147 Å². The summed E-state index contributed by atoms with van der Waals surface area (Å²) < 4.78 is 16.2. The van der Waals surface area contributed by atoms with Gasteiger partial charge in [0.25, 0.3) is 0 Å². The molecule has 0 aliphatic carbocycles. The molecule has 0 saturated heterocycles. The minimum absolute atomic E-state index is 0.265. The van der Waals surface area contributed by atoms with Crippen molar-refractivity contribution in [1.82, 2.24) is 34.5 Å². The first kappa shape index (κ1) is 15.6. The summed E-state index contributed by atoms with van der Waals surface area (Å²) in [5, 5.41) is 7.15. The van der Waals surface area contributed by atoms with Gasteiger partial charge in [-0.3, -0.25) is 9.50 Å². The van der Waals surface area contributed by atoms with Crippen molar-refractivity contribution in [3.63, 3.8) is 0 Å². The van der Waals surface area contributed by atoms with Crippen LogP contribution < -0.4 is 0 Å². The Morgan fingerprint density at radius 1 is 1.20 bits per heavy atom. The topological polar surface area (TPSA) is 84.6 Å². The van der Waals surface area contributed by atoms with Crippen LogP contribution in [-0.2, 0) is 6.42 Å². The number of fused-ring (bicyclic) bond motifs is 1. The Morgan fingerprint density at radius 2 is 1.96 bits per heavy atom. The quantitative estimate of drug-likeness (QED) is 0.609. The van der Waals surface area contributed by atoms with Crippen LogP contribution in [0.25, 0.3) is 17.2 Å². The minimum Gasteiger partial charge on any atom is -0.293 e. The van der Waals surface area contributed by atoms with Gasteiger partial charge in [-0.15, -0.1) is 0 Å². The normalized spacial score (nSPS) is 11.4. The summed E-state index contributed by atoms with van der Waals surface area (Å²) in [7, 11) is 0. The Kier molecular flexibility index (Phi) is 3.69. The Balaban J connectivity index is 1.90. The van der Waals surface area contributed by atoms with Crippen molar-refractivity contribution < 1.29 is 4.39 Å². The molecule has 4 aromatic heterocycles. The molecule has 4 heterocycles. The predicted octanol–water partition coefficient (Wildman–Crippen LogP) is 2.91. The van der Waals surface area contributed by atoms with Crippen molar-refractivity contribution in [3.05, 3.63) is 58.4 Å². The number of imidazole rings is 1. The number of pyridine rings is 1. The third kappa shape index (κ3) is 2.85. The maximum absolute atomic E-state index is 14.6. The van der Waals surface area contributed by atoms with Gasteiger partial charge < -0.3 is 0 Å². The SMILES string of the molecule is Cc1ncc(Cc2nc(-c3n[nH]c(C)n3)n3cc(Cl)cc(F)c23)cn1. The summed E-state index contributed by atoms with van der Waals surface area (Å²) in [5.41, 5.74) is 1.71. The molecule has 0 atom stereocenters. The monoisotopic (exact) mass is 357 g/mol. The highest BCUT2D eigenvalue weighted by atomic mass is 35.5. The second-order valence-corrected chi connectivity index (χ2v) is 6.10. The molecule has 25 heavy (non-hydrogen) atoms. The molecule has 4 aromatic rings. The third-order valence-corrected chi connectivity index (χ3v) is 3.94. The number of aryl methyl sites for hydroxylation is 2. The van der Waals surface area contributed by atoms with E-state index in [9.17, 15) is 4.39 Å². The van der Waals surface area contributed by atoms with E-state index in [-0.39, 0.29) is 5.02 Å². The molecule has 0 radical (unpaired) electrons. The molecule has 0 spiro atoms. The molecule has 0 aliphatic heterocycles. The second kappa shape index (κ2) is 5.89. The van der Waals surface area contributed by atoms with Crippen molar-refractivity contribution in [3.8, 4) is 11.6 Å². The first-order valence-corrected chi connectivity index (χ1v) is 7.92. The minimum atomic E-state index is -0.457. The summed E-state index contributed by atoms with van der Waals surface area (Å²) in [6.45, 7) is 3.59. The summed E-state index contributed by atoms with van der Waals surface area (Å²) in [6.07, 6.45) is 5.39. The second-order valence-electron chi connectivity index (χ2n) is 5.67. The van der Waals surface area contributed by atoms with Gasteiger partial charge >= 0.3 is 0 Å². The predicted molar refractivity (Wildman–Crippen MR) is 89.8 cm³/mol. The van der Waals surface area contributed by atoms with Crippen LogP contribution in [0.5, 0.6) is 0 Å². The number of nitrogens with one attached hydrogen (secondary N) is 1. The summed E-state index contributed by atoms with van der Waals surface area (Å²) in [4.78, 5) is 17.2. The van der Waals surface area contributed by atoms with Crippen LogP contribution in [0.2, 0.25) is 5.02 Å². The van der Waals surface area contributed by atoms with Gasteiger partial charge in [0.2, 0.25) is 5.82 Å². The Morgan fingerprint density at radius 3 is 2.64 bits per heavy atom. The fraction of sp³-hybridized carbons (Fsp3) is 0.188. The first-order valence-electron chi connectivity index (χ1n) is 7.54. The number of hydrogen-bond acceptors (Lipinski definition) is 5. The van der Waals surface area contributed by atoms with Crippen LogP contribution in [0.4, 0.5) is 4.39 Å². The molecule has 1 N–H and O–H groups in total. The smallest absolute Gasteiger partial charge is 0.217 e. The first-order chi connectivity index (χ1) is 12.0. The van der Waals surface area contributed by atoms with Gasteiger partial charge in [-0.2, -0.15) is 5.10 Å². The van der Waals surface area contributed by atoms with Gasteiger partial charge in [0, 0.05) is 25.0 Å². The standard InChI is InChI=1S/C16H13ClFN7/c1-8-19-5-10(6-20-8)3-13-14-12(18)4-11(17)7-25(14)16(22-13)15-21-9(2)23-24-15/h4-7H,3H2,1-2H3,(H,21,23,24). The van der Waals surface area contributed by atoms with Gasteiger partial charge in [-0.25, -0.2) is 24.3 Å². The maximum Gasteiger partial charge on any atom is 0.217 e. The fourth-order valence-electron chi connectivity index (χ4n) is 2.64. The lowest BCUT2D eigenvalue weighted by Gasteiger charge is -2.02. The molecule has 0 amide bonds. The van der Waals surface area contributed by atoms with Crippen LogP contribution >= 0.6 is 11.6 Å². The van der Waals surface area contributed by atoms with Crippen molar-refractivity contribution >= 4 is 17.1 Å². The highest BCUT2D eigenvalue weighted by Gasteiger charge is 2.20. The largest absolute Gasteiger partial charge is 0.293 e. The van der Waals surface area contributed by atoms with Crippen LogP contribution in [0, 0.1) is 19.7 Å². The van der Waals surface area contributed by atoms with Crippen molar-refractivity contribution in [2.24, 2.45) is 0 Å². The van der Waals surface area contributed by atoms with E-state index >= 15 is 0 Å². The number of H-pyrrole nitrogens is 1. The van der Waals surface area contributed by atoms with Gasteiger partial charge in [0.05, 0.1) is 10.7 Å². The number of rotatable bonds is 3. The molecule has 0 aliphatic rings. The van der Waals surface area contributed by atoms with Crippen molar-refractivity contribution in [1.29, 1.82) is 0 Å². The average Bonchev–Trinajstić information content (AvgIpc) is 3.13. The van der Waals surface area contributed by atoms with E-state index in [0.29, 0.717) is 40.9 Å². The summed E-state index contributed by atoms with van der Waals surface area (Å²) in [6, 6.07) is 1.26. The van der Waals surface area contributed by atoms with Crippen molar-refractivity contribution in [2.45, 2.75) is 20.3 Å². The number of halogens is 2. The molecule has 0 aromatic carbocycles. The summed E-state index contributed by atoms with van der Waals surface area (Å²) >= 11 is 6.02. The molecule has 7 nitrogen and oxygen atoms in total. The van der Waals surface area contributed by atoms with E-state index in [1.54, 1.807) is 36.8 Å². The third-order valence-electron chi connectivity index (χ3n) is 3.73. The molecule has 4 rings (SSSR count). The Bertz CT molecular complexity index is 1070. The molecule has 0 fully saturated rings. The van der Waals surface area contributed by atoms with Crippen LogP contribution in [-0.4, -0.2) is 34.5 Å². The van der Waals surface area contributed by atoms with Crippen molar-refractivity contribution in [2.75, 3.05) is 0 Å². The van der Waals surface area contributed by atoms with Gasteiger partial charge in [-0.05, 0) is 25.5 Å². The lowest BCUT2D eigenvalue weighted by atomic mass is 10.1. The summed E-state index contributed by atoms with van der Waals surface area (Å²) in [5.74, 6) is 1.65. The van der Waals surface area contributed by atoms with E-state index in [1.165, 1.54) is 6.07 Å². The van der Waals surface area contributed by atoms with Gasteiger partial charge in [-0.1, -0.05) is 11.6 Å². The molecule has 9 heteroatoms. The van der Waals surface area contributed by atoms with E-state index < -0.39 is 5.82 Å². The molecular formula is C16H13ClFN7. The maximum atomic E-state index is 14.6. The zero-order valence-electron chi connectivity index (χ0n) is 13.5. The number of aromatic nitrogens is 7. The molecule has 126 valence electrons. The molecule has 0 unspecified atom stereocenters. The van der Waals surface area contributed by atoms with E-state index in [0.717, 1.165) is 5.56 Å². The van der Waals surface area contributed by atoms with E-state index in [2.05, 4.69) is 30.1 Å². The zero-order valence-corrected chi connectivity index (χ0v) is 14.2. The van der Waals surface area contributed by atoms with Gasteiger partial charge in [0.1, 0.15) is 17.2 Å². The fourth-order valence-corrected chi connectivity index (χ4v) is 2.83. The van der Waals surface area contributed by atoms with E-state index in [4.69, 9.17) is 11.6 Å². The highest BCUT2D eigenvalue weighted by molar-refractivity contribution is 6.30. The van der Waals surface area contributed by atoms with Crippen LogP contribution in [0.15, 0.2) is 24.7 Å². The molecular weight excluding hydrogens is 345 g/mol. The van der Waals surface area contributed by atoms with Gasteiger partial charge in [0.15, 0.2) is 11.6 Å². The average molecular weight is 358 g/mol. The van der Waals surface area contributed by atoms with E-state index in [1.807, 2.05) is 0 Å². The number of aromatic amines is 1. The lowest BCUT2D eigenvalue weighted by Crippen LogP contribution is -1.96. The Hall–Kier alpha value is -2.87. The molecule has 0 bridgehead atoms. The molecule has 0 saturated carbocycles. The highest BCUT2D eigenvalue weighted by Crippen LogP contribution is 2.26. The number of nitrogens with zero attached hydrogens (tertiary/aromatic N) is 6. The zero-order chi connectivity index (χ0) is 17.6. The number of hydrogen-bond donors (Lipinski definition) is 1. The van der Waals surface area contributed by atoms with Crippen LogP contribution in [0.1, 0.15) is 22.9 Å². The van der Waals surface area contributed by atoms with Crippen LogP contribution in [0.3, 0.4) is 0 Å².